The zero-order chi connectivity index (χ0) is 13.4. The monoisotopic (exact) mass is 246 g/mol. The molecule has 0 spiro atoms. The van der Waals surface area contributed by atoms with E-state index in [1.807, 2.05) is 51.1 Å². The molecule has 0 aliphatic rings. The van der Waals surface area contributed by atoms with E-state index in [1.54, 1.807) is 6.20 Å². The number of hydrogen-bond donors (Lipinski definition) is 1. The Morgan fingerprint density at radius 3 is 2.50 bits per heavy atom. The molecule has 3 heteroatoms. The Kier molecular flexibility index (Phi) is 3.11. The number of pyridine rings is 1. The summed E-state index contributed by atoms with van der Waals surface area (Å²) in [7, 11) is 0. The van der Waals surface area contributed by atoms with Crippen LogP contribution in [0.5, 0.6) is 0 Å². The lowest BCUT2D eigenvalue weighted by Gasteiger charge is -2.38. The first-order valence-electron chi connectivity index (χ1n) is 6.13. The molecule has 0 saturated carbocycles. The van der Waals surface area contributed by atoms with Crippen LogP contribution in [0.3, 0.4) is 0 Å². The van der Waals surface area contributed by atoms with Crippen molar-refractivity contribution in [2.45, 2.75) is 26.4 Å². The molecule has 1 aromatic heterocycles. The van der Waals surface area contributed by atoms with Crippen LogP contribution in [0.25, 0.3) is 10.9 Å². The van der Waals surface area contributed by atoms with Crippen LogP contribution in [0, 0.1) is 5.41 Å². The van der Waals surface area contributed by atoms with Crippen molar-refractivity contribution < 1.29 is 4.39 Å². The maximum Gasteiger partial charge on any atom is 0.153 e. The van der Waals surface area contributed by atoms with Gasteiger partial charge in [0.1, 0.15) is 0 Å². The SMILES string of the molecule is CC(C)(C)C(F)(CN)c1cccc2ncccc12. The second kappa shape index (κ2) is 4.32. The van der Waals surface area contributed by atoms with Gasteiger partial charge in [0.05, 0.1) is 5.52 Å². The number of alkyl halides is 1. The van der Waals surface area contributed by atoms with E-state index in [0.717, 1.165) is 10.9 Å². The van der Waals surface area contributed by atoms with Gasteiger partial charge in [-0.15, -0.1) is 0 Å². The first kappa shape index (κ1) is 13.0. The number of aromatic nitrogens is 1. The number of nitrogens with zero attached hydrogens (tertiary/aromatic N) is 1. The summed E-state index contributed by atoms with van der Waals surface area (Å²) < 4.78 is 15.3. The van der Waals surface area contributed by atoms with Crippen molar-refractivity contribution in [3.8, 4) is 0 Å². The number of fused-ring (bicyclic) bond motifs is 1. The normalized spacial score (nSPS) is 15.6. The Hall–Kier alpha value is -1.48. The van der Waals surface area contributed by atoms with Gasteiger partial charge in [0.15, 0.2) is 5.67 Å². The van der Waals surface area contributed by atoms with Crippen LogP contribution >= 0.6 is 0 Å². The molecule has 0 bridgehead atoms. The van der Waals surface area contributed by atoms with E-state index < -0.39 is 11.1 Å². The van der Waals surface area contributed by atoms with Gasteiger partial charge in [0.25, 0.3) is 0 Å². The number of rotatable bonds is 2. The van der Waals surface area contributed by atoms with Crippen molar-refractivity contribution >= 4 is 10.9 Å². The lowest BCUT2D eigenvalue weighted by Crippen LogP contribution is -2.42. The highest BCUT2D eigenvalue weighted by Crippen LogP contribution is 2.44. The second-order valence-electron chi connectivity index (χ2n) is 5.63. The summed E-state index contributed by atoms with van der Waals surface area (Å²) in [4.78, 5) is 4.26. The molecular formula is C15H19FN2. The first-order chi connectivity index (χ1) is 8.40. The van der Waals surface area contributed by atoms with E-state index in [-0.39, 0.29) is 6.54 Å². The van der Waals surface area contributed by atoms with Crippen LogP contribution in [-0.4, -0.2) is 11.5 Å². The Morgan fingerprint density at radius 2 is 1.89 bits per heavy atom. The van der Waals surface area contributed by atoms with Crippen molar-refractivity contribution in [3.63, 3.8) is 0 Å². The van der Waals surface area contributed by atoms with Gasteiger partial charge in [0, 0.05) is 29.1 Å². The van der Waals surface area contributed by atoms with Crippen molar-refractivity contribution in [2.24, 2.45) is 11.1 Å². The van der Waals surface area contributed by atoms with Crippen molar-refractivity contribution in [2.75, 3.05) is 6.54 Å². The minimum Gasteiger partial charge on any atom is -0.327 e. The molecule has 1 atom stereocenters. The first-order valence-corrected chi connectivity index (χ1v) is 6.13. The summed E-state index contributed by atoms with van der Waals surface area (Å²) in [5.74, 6) is 0. The second-order valence-corrected chi connectivity index (χ2v) is 5.63. The van der Waals surface area contributed by atoms with E-state index in [0.29, 0.717) is 5.56 Å². The average molecular weight is 246 g/mol. The van der Waals surface area contributed by atoms with E-state index in [9.17, 15) is 0 Å². The molecule has 96 valence electrons. The molecule has 2 nitrogen and oxygen atoms in total. The molecule has 0 amide bonds. The zero-order valence-electron chi connectivity index (χ0n) is 11.1. The maximum absolute atomic E-state index is 15.3. The number of nitrogens with two attached hydrogens (primary N) is 1. The molecular weight excluding hydrogens is 227 g/mol. The van der Waals surface area contributed by atoms with Gasteiger partial charge < -0.3 is 5.73 Å². The van der Waals surface area contributed by atoms with Crippen molar-refractivity contribution in [1.29, 1.82) is 0 Å². The fourth-order valence-electron chi connectivity index (χ4n) is 2.27. The third-order valence-electron chi connectivity index (χ3n) is 3.54. The average Bonchev–Trinajstić information content (AvgIpc) is 2.35. The summed E-state index contributed by atoms with van der Waals surface area (Å²) in [5.41, 5.74) is 5.03. The fourth-order valence-corrected chi connectivity index (χ4v) is 2.27. The Balaban J connectivity index is 2.74. The van der Waals surface area contributed by atoms with Gasteiger partial charge in [-0.3, -0.25) is 4.98 Å². The highest BCUT2D eigenvalue weighted by Gasteiger charge is 2.43. The summed E-state index contributed by atoms with van der Waals surface area (Å²) in [6.45, 7) is 5.57. The molecule has 1 aromatic carbocycles. The predicted octanol–water partition coefficient (Wildman–Crippen LogP) is 3.40. The van der Waals surface area contributed by atoms with E-state index in [1.165, 1.54) is 0 Å². The third kappa shape index (κ3) is 1.89. The smallest absolute Gasteiger partial charge is 0.153 e. The van der Waals surface area contributed by atoms with Crippen LogP contribution in [0.1, 0.15) is 26.3 Å². The molecule has 1 heterocycles. The predicted molar refractivity (Wildman–Crippen MR) is 73.0 cm³/mol. The third-order valence-corrected chi connectivity index (χ3v) is 3.54. The van der Waals surface area contributed by atoms with Crippen LogP contribution in [0.4, 0.5) is 4.39 Å². The molecule has 0 aliphatic carbocycles. The fraction of sp³-hybridized carbons (Fsp3) is 0.400. The van der Waals surface area contributed by atoms with E-state index >= 15 is 4.39 Å². The quantitative estimate of drug-likeness (QED) is 0.882. The molecule has 0 radical (unpaired) electrons. The summed E-state index contributed by atoms with van der Waals surface area (Å²) >= 11 is 0. The van der Waals surface area contributed by atoms with Crippen molar-refractivity contribution in [3.05, 3.63) is 42.1 Å². The molecule has 1 unspecified atom stereocenters. The largest absolute Gasteiger partial charge is 0.327 e. The van der Waals surface area contributed by atoms with Crippen LogP contribution in [-0.2, 0) is 5.67 Å². The molecule has 0 saturated heterocycles. The molecule has 2 N–H and O–H groups in total. The van der Waals surface area contributed by atoms with Gasteiger partial charge >= 0.3 is 0 Å². The minimum atomic E-state index is -1.56. The van der Waals surface area contributed by atoms with Gasteiger partial charge in [0.2, 0.25) is 0 Å². The summed E-state index contributed by atoms with van der Waals surface area (Å²) in [6, 6.07) is 9.25. The molecule has 2 rings (SSSR count). The summed E-state index contributed by atoms with van der Waals surface area (Å²) in [5, 5.41) is 0.836. The van der Waals surface area contributed by atoms with Gasteiger partial charge in [-0.2, -0.15) is 0 Å². The van der Waals surface area contributed by atoms with E-state index in [4.69, 9.17) is 5.73 Å². The van der Waals surface area contributed by atoms with Gasteiger partial charge in [-0.05, 0) is 12.1 Å². The molecule has 18 heavy (non-hydrogen) atoms. The summed E-state index contributed by atoms with van der Waals surface area (Å²) in [6.07, 6.45) is 1.71. The topological polar surface area (TPSA) is 38.9 Å². The minimum absolute atomic E-state index is 0.0372. The highest BCUT2D eigenvalue weighted by atomic mass is 19.1. The molecule has 2 aromatic rings. The Bertz CT molecular complexity index is 554. The maximum atomic E-state index is 15.3. The lowest BCUT2D eigenvalue weighted by molar-refractivity contribution is 0.0358. The zero-order valence-corrected chi connectivity index (χ0v) is 11.1. The number of halogens is 1. The number of benzene rings is 1. The Morgan fingerprint density at radius 1 is 1.17 bits per heavy atom. The van der Waals surface area contributed by atoms with Gasteiger partial charge in [-0.25, -0.2) is 4.39 Å². The molecule has 0 fully saturated rings. The van der Waals surface area contributed by atoms with Crippen LogP contribution in [0.2, 0.25) is 0 Å². The molecule has 0 aliphatic heterocycles. The van der Waals surface area contributed by atoms with E-state index in [2.05, 4.69) is 4.98 Å². The van der Waals surface area contributed by atoms with Crippen LogP contribution < -0.4 is 5.73 Å². The standard InChI is InChI=1S/C15H19FN2/c1-14(2,3)15(16,10-17)12-7-4-8-13-11(12)6-5-9-18-13/h4-9H,10,17H2,1-3H3. The Labute approximate surface area is 107 Å². The number of hydrogen-bond acceptors (Lipinski definition) is 2. The van der Waals surface area contributed by atoms with Gasteiger partial charge in [-0.1, -0.05) is 39.0 Å². The van der Waals surface area contributed by atoms with Crippen molar-refractivity contribution in [1.82, 2.24) is 4.98 Å². The highest BCUT2D eigenvalue weighted by molar-refractivity contribution is 5.83. The lowest BCUT2D eigenvalue weighted by atomic mass is 9.72. The van der Waals surface area contributed by atoms with Crippen LogP contribution in [0.15, 0.2) is 36.5 Å².